The molecule has 1 rings (SSSR count). The van der Waals surface area contributed by atoms with Crippen LogP contribution in [0.15, 0.2) is 18.2 Å². The lowest BCUT2D eigenvalue weighted by molar-refractivity contribution is -0.143. The molecular formula is C14H14F2N2O3. The minimum atomic E-state index is -1.07. The maximum Gasteiger partial charge on any atom is 0.328 e. The number of halogens is 2. The van der Waals surface area contributed by atoms with Gasteiger partial charge in [0.05, 0.1) is 13.2 Å². The highest BCUT2D eigenvalue weighted by molar-refractivity contribution is 5.96. The van der Waals surface area contributed by atoms with Gasteiger partial charge in [-0.25, -0.2) is 13.6 Å². The molecular weight excluding hydrogens is 282 g/mol. The molecule has 21 heavy (non-hydrogen) atoms. The number of nitrogens with one attached hydrogen (secondary N) is 1. The number of nitriles is 1. The summed E-state index contributed by atoms with van der Waals surface area (Å²) in [6.07, 6.45) is 0.0344. The number of nitrogens with zero attached hydrogens (tertiary/aromatic N) is 1. The van der Waals surface area contributed by atoms with Crippen molar-refractivity contribution < 1.29 is 23.1 Å². The molecule has 0 saturated carbocycles. The third kappa shape index (κ3) is 4.84. The van der Waals surface area contributed by atoms with Crippen molar-refractivity contribution in [3.8, 4) is 6.07 Å². The molecule has 0 saturated heterocycles. The lowest BCUT2D eigenvalue weighted by atomic mass is 10.0. The third-order valence-electron chi connectivity index (χ3n) is 2.73. The normalized spacial score (nSPS) is 12.9. The van der Waals surface area contributed by atoms with E-state index in [-0.39, 0.29) is 12.0 Å². The number of hydrogen-bond acceptors (Lipinski definition) is 4. The first-order valence-corrected chi connectivity index (χ1v) is 6.11. The molecule has 0 aliphatic carbocycles. The first-order chi connectivity index (χ1) is 9.87. The zero-order valence-electron chi connectivity index (χ0n) is 11.5. The second kappa shape index (κ2) is 7.33. The average Bonchev–Trinajstić information content (AvgIpc) is 2.44. The molecule has 0 heterocycles. The van der Waals surface area contributed by atoms with Crippen LogP contribution in [0.4, 0.5) is 8.78 Å². The number of methoxy groups -OCH3 is 1. The maximum atomic E-state index is 13.1. The van der Waals surface area contributed by atoms with Crippen LogP contribution in [0.3, 0.4) is 0 Å². The standard InChI is InChI=1S/C14H14F2N2O3/c1-8(7-17)3-12(14(20)21-2)18-13(19)9-4-10(15)6-11(16)5-9/h4-6,8,12H,3H2,1-2H3,(H,18,19)/t8-,12+/m0/s1. The fraction of sp³-hybridized carbons (Fsp3) is 0.357. The van der Waals surface area contributed by atoms with Crippen molar-refractivity contribution in [2.24, 2.45) is 5.92 Å². The van der Waals surface area contributed by atoms with E-state index in [9.17, 15) is 18.4 Å². The summed E-state index contributed by atoms with van der Waals surface area (Å²) in [6.45, 7) is 1.57. The molecule has 1 amide bonds. The van der Waals surface area contributed by atoms with Crippen LogP contribution in [0.2, 0.25) is 0 Å². The van der Waals surface area contributed by atoms with E-state index in [1.54, 1.807) is 6.92 Å². The lowest BCUT2D eigenvalue weighted by Gasteiger charge is -2.17. The van der Waals surface area contributed by atoms with Crippen molar-refractivity contribution in [2.45, 2.75) is 19.4 Å². The van der Waals surface area contributed by atoms with Crippen LogP contribution in [-0.2, 0) is 9.53 Å². The predicted octanol–water partition coefficient (Wildman–Crippen LogP) is 1.79. The smallest absolute Gasteiger partial charge is 0.328 e. The topological polar surface area (TPSA) is 79.2 Å². The Morgan fingerprint density at radius 3 is 2.38 bits per heavy atom. The molecule has 0 spiro atoms. The summed E-state index contributed by atoms with van der Waals surface area (Å²) in [6, 6.07) is 3.19. The fourth-order valence-corrected chi connectivity index (χ4v) is 1.69. The molecule has 112 valence electrons. The predicted molar refractivity (Wildman–Crippen MR) is 69.0 cm³/mol. The van der Waals surface area contributed by atoms with Gasteiger partial charge >= 0.3 is 5.97 Å². The Morgan fingerprint density at radius 1 is 1.33 bits per heavy atom. The number of esters is 1. The summed E-state index contributed by atoms with van der Waals surface area (Å²) >= 11 is 0. The lowest BCUT2D eigenvalue weighted by Crippen LogP contribution is -2.42. The van der Waals surface area contributed by atoms with Crippen LogP contribution in [0.25, 0.3) is 0 Å². The molecule has 0 aromatic heterocycles. The largest absolute Gasteiger partial charge is 0.467 e. The Hall–Kier alpha value is -2.49. The highest BCUT2D eigenvalue weighted by Crippen LogP contribution is 2.11. The van der Waals surface area contributed by atoms with Crippen LogP contribution >= 0.6 is 0 Å². The minimum Gasteiger partial charge on any atom is -0.467 e. The summed E-state index contributed by atoms with van der Waals surface area (Å²) in [5.41, 5.74) is -0.258. The number of carbonyl (C=O) groups excluding carboxylic acids is 2. The number of ether oxygens (including phenoxy) is 1. The molecule has 2 atom stereocenters. The summed E-state index contributed by atoms with van der Waals surface area (Å²) in [5, 5.41) is 11.1. The van der Waals surface area contributed by atoms with Gasteiger partial charge in [0.15, 0.2) is 0 Å². The van der Waals surface area contributed by atoms with Gasteiger partial charge in [0.25, 0.3) is 5.91 Å². The van der Waals surface area contributed by atoms with Crippen LogP contribution in [0.1, 0.15) is 23.7 Å². The SMILES string of the molecule is COC(=O)[C@@H](C[C@H](C)C#N)NC(=O)c1cc(F)cc(F)c1. The molecule has 1 N–H and O–H groups in total. The van der Waals surface area contributed by atoms with Crippen molar-refractivity contribution >= 4 is 11.9 Å². The van der Waals surface area contributed by atoms with E-state index in [0.29, 0.717) is 6.07 Å². The van der Waals surface area contributed by atoms with E-state index in [1.807, 2.05) is 6.07 Å². The van der Waals surface area contributed by atoms with Gasteiger partial charge in [-0.1, -0.05) is 0 Å². The molecule has 0 fully saturated rings. The highest BCUT2D eigenvalue weighted by Gasteiger charge is 2.24. The van der Waals surface area contributed by atoms with Crippen LogP contribution < -0.4 is 5.32 Å². The molecule has 0 bridgehead atoms. The zero-order valence-corrected chi connectivity index (χ0v) is 11.5. The zero-order chi connectivity index (χ0) is 16.0. The van der Waals surface area contributed by atoms with Gasteiger partial charge in [-0.05, 0) is 25.5 Å². The quantitative estimate of drug-likeness (QED) is 0.840. The van der Waals surface area contributed by atoms with Gasteiger partial charge in [0, 0.05) is 17.5 Å². The number of amides is 1. The van der Waals surface area contributed by atoms with E-state index >= 15 is 0 Å². The Morgan fingerprint density at radius 2 is 1.90 bits per heavy atom. The van der Waals surface area contributed by atoms with Gasteiger partial charge in [-0.15, -0.1) is 0 Å². The monoisotopic (exact) mass is 296 g/mol. The number of carbonyl (C=O) groups is 2. The van der Waals surface area contributed by atoms with Crippen molar-refractivity contribution in [2.75, 3.05) is 7.11 Å². The van der Waals surface area contributed by atoms with Gasteiger partial charge in [-0.2, -0.15) is 5.26 Å². The summed E-state index contributed by atoms with van der Waals surface area (Å²) in [5.74, 6) is -3.87. The molecule has 7 heteroatoms. The molecule has 1 aromatic rings. The molecule has 0 radical (unpaired) electrons. The second-order valence-electron chi connectivity index (χ2n) is 4.47. The number of hydrogen-bond donors (Lipinski definition) is 1. The van der Waals surface area contributed by atoms with E-state index in [0.717, 1.165) is 19.2 Å². The molecule has 1 aromatic carbocycles. The Kier molecular flexibility index (Phi) is 5.79. The molecule has 5 nitrogen and oxygen atoms in total. The van der Waals surface area contributed by atoms with Crippen molar-refractivity contribution in [1.29, 1.82) is 5.26 Å². The molecule has 0 aliphatic heterocycles. The molecule has 0 unspecified atom stereocenters. The Bertz CT molecular complexity index is 564. The first kappa shape index (κ1) is 16.6. The third-order valence-corrected chi connectivity index (χ3v) is 2.73. The van der Waals surface area contributed by atoms with Crippen LogP contribution in [-0.4, -0.2) is 25.0 Å². The molecule has 0 aliphatic rings. The highest BCUT2D eigenvalue weighted by atomic mass is 19.1. The fourth-order valence-electron chi connectivity index (χ4n) is 1.69. The van der Waals surface area contributed by atoms with E-state index < -0.39 is 35.5 Å². The van der Waals surface area contributed by atoms with Crippen LogP contribution in [0, 0.1) is 28.9 Å². The number of benzene rings is 1. The van der Waals surface area contributed by atoms with Gasteiger partial charge < -0.3 is 10.1 Å². The van der Waals surface area contributed by atoms with E-state index in [1.165, 1.54) is 0 Å². The summed E-state index contributed by atoms with van der Waals surface area (Å²) in [7, 11) is 1.14. The number of rotatable bonds is 5. The average molecular weight is 296 g/mol. The Balaban J connectivity index is 2.89. The first-order valence-electron chi connectivity index (χ1n) is 6.11. The van der Waals surface area contributed by atoms with Crippen molar-refractivity contribution in [1.82, 2.24) is 5.32 Å². The second-order valence-corrected chi connectivity index (χ2v) is 4.47. The summed E-state index contributed by atoms with van der Waals surface area (Å²) < 4.78 is 30.7. The van der Waals surface area contributed by atoms with E-state index in [2.05, 4.69) is 10.1 Å². The van der Waals surface area contributed by atoms with Crippen LogP contribution in [0.5, 0.6) is 0 Å². The Labute approximate surface area is 120 Å². The van der Waals surface area contributed by atoms with E-state index in [4.69, 9.17) is 5.26 Å². The summed E-state index contributed by atoms with van der Waals surface area (Å²) in [4.78, 5) is 23.5. The van der Waals surface area contributed by atoms with Gasteiger partial charge in [0.2, 0.25) is 0 Å². The van der Waals surface area contributed by atoms with Crippen molar-refractivity contribution in [3.63, 3.8) is 0 Å². The maximum absolute atomic E-state index is 13.1. The van der Waals surface area contributed by atoms with Gasteiger partial charge in [-0.3, -0.25) is 4.79 Å². The minimum absolute atomic E-state index is 0.0344. The van der Waals surface area contributed by atoms with Gasteiger partial charge in [0.1, 0.15) is 17.7 Å². The van der Waals surface area contributed by atoms with Crippen molar-refractivity contribution in [3.05, 3.63) is 35.4 Å².